The van der Waals surface area contributed by atoms with Crippen LogP contribution in [0.1, 0.15) is 32.8 Å². The molecule has 0 saturated carbocycles. The summed E-state index contributed by atoms with van der Waals surface area (Å²) in [5.74, 6) is 1.36. The minimum absolute atomic E-state index is 0. The average molecular weight is 465 g/mol. The summed E-state index contributed by atoms with van der Waals surface area (Å²) >= 11 is 1.76. The van der Waals surface area contributed by atoms with Crippen molar-refractivity contribution in [3.8, 4) is 0 Å². The lowest BCUT2D eigenvalue weighted by atomic mass is 10.0. The average Bonchev–Trinajstić information content (AvgIpc) is 2.57. The van der Waals surface area contributed by atoms with Gasteiger partial charge in [-0.05, 0) is 43.2 Å². The Morgan fingerprint density at radius 2 is 1.88 bits per heavy atom. The van der Waals surface area contributed by atoms with Crippen LogP contribution in [-0.4, -0.2) is 38.5 Å². The molecule has 4 nitrogen and oxygen atoms in total. The molecular formula is C18H32IN3OS. The highest BCUT2D eigenvalue weighted by molar-refractivity contribution is 14.0. The van der Waals surface area contributed by atoms with Crippen molar-refractivity contribution in [1.29, 1.82) is 0 Å². The Hall–Kier alpha value is -0.470. The number of nitrogens with one attached hydrogen (secondary N) is 2. The van der Waals surface area contributed by atoms with E-state index in [1.54, 1.807) is 18.8 Å². The Labute approximate surface area is 168 Å². The van der Waals surface area contributed by atoms with Crippen molar-refractivity contribution >= 4 is 41.7 Å². The molecular weight excluding hydrogens is 433 g/mol. The molecule has 1 atom stereocenters. The first-order valence-corrected chi connectivity index (χ1v) is 9.52. The molecule has 0 heterocycles. The second-order valence-electron chi connectivity index (χ2n) is 5.73. The molecule has 0 radical (unpaired) electrons. The zero-order valence-electron chi connectivity index (χ0n) is 15.5. The van der Waals surface area contributed by atoms with Gasteiger partial charge in [0.25, 0.3) is 0 Å². The lowest BCUT2D eigenvalue weighted by molar-refractivity contribution is 0.0258. The summed E-state index contributed by atoms with van der Waals surface area (Å²) in [5.41, 5.74) is 1.25. The van der Waals surface area contributed by atoms with Crippen LogP contribution in [0, 0.1) is 5.92 Å². The fraction of sp³-hybridized carbons (Fsp3) is 0.611. The smallest absolute Gasteiger partial charge is 0.191 e. The van der Waals surface area contributed by atoms with Crippen molar-refractivity contribution in [3.63, 3.8) is 0 Å². The molecule has 0 spiro atoms. The summed E-state index contributed by atoms with van der Waals surface area (Å²) in [5, 5.41) is 6.71. The van der Waals surface area contributed by atoms with Crippen molar-refractivity contribution in [3.05, 3.63) is 29.8 Å². The quantitative estimate of drug-likeness (QED) is 0.249. The number of guanidine groups is 1. The van der Waals surface area contributed by atoms with E-state index < -0.39 is 0 Å². The first-order chi connectivity index (χ1) is 11.1. The van der Waals surface area contributed by atoms with Gasteiger partial charge in [0.1, 0.15) is 0 Å². The van der Waals surface area contributed by atoms with Gasteiger partial charge in [-0.1, -0.05) is 26.0 Å². The number of benzene rings is 1. The summed E-state index contributed by atoms with van der Waals surface area (Å²) in [6, 6.07) is 8.59. The van der Waals surface area contributed by atoms with Gasteiger partial charge < -0.3 is 15.4 Å². The van der Waals surface area contributed by atoms with E-state index in [2.05, 4.69) is 60.0 Å². The highest BCUT2D eigenvalue weighted by Crippen LogP contribution is 2.14. The number of thioether (sulfide) groups is 1. The van der Waals surface area contributed by atoms with Gasteiger partial charge in [-0.3, -0.25) is 4.99 Å². The fourth-order valence-electron chi connectivity index (χ4n) is 2.31. The molecule has 138 valence electrons. The predicted molar refractivity (Wildman–Crippen MR) is 117 cm³/mol. The monoisotopic (exact) mass is 465 g/mol. The molecule has 0 amide bonds. The highest BCUT2D eigenvalue weighted by atomic mass is 127. The van der Waals surface area contributed by atoms with Crippen molar-refractivity contribution in [2.45, 2.75) is 44.7 Å². The van der Waals surface area contributed by atoms with E-state index in [-0.39, 0.29) is 24.0 Å². The lowest BCUT2D eigenvalue weighted by Gasteiger charge is -2.21. The highest BCUT2D eigenvalue weighted by Gasteiger charge is 2.12. The minimum atomic E-state index is 0. The predicted octanol–water partition coefficient (Wildman–Crippen LogP) is 4.14. The molecule has 0 aliphatic rings. The maximum Gasteiger partial charge on any atom is 0.191 e. The van der Waals surface area contributed by atoms with Crippen molar-refractivity contribution in [2.75, 3.05) is 26.5 Å². The van der Waals surface area contributed by atoms with Gasteiger partial charge in [0.05, 0.1) is 6.10 Å². The maximum atomic E-state index is 5.77. The molecule has 1 aromatic rings. The van der Waals surface area contributed by atoms with Crippen LogP contribution in [0.25, 0.3) is 0 Å². The van der Waals surface area contributed by atoms with Gasteiger partial charge in [0.15, 0.2) is 5.96 Å². The summed E-state index contributed by atoms with van der Waals surface area (Å²) in [7, 11) is 1.80. The number of rotatable bonds is 9. The van der Waals surface area contributed by atoms with E-state index in [1.165, 1.54) is 10.5 Å². The largest absolute Gasteiger partial charge is 0.378 e. The fourth-order valence-corrected chi connectivity index (χ4v) is 2.71. The molecule has 1 rings (SSSR count). The van der Waals surface area contributed by atoms with Crippen LogP contribution in [0.15, 0.2) is 34.2 Å². The Kier molecular flexibility index (Phi) is 13.5. The molecule has 0 aliphatic heterocycles. The van der Waals surface area contributed by atoms with Crippen LogP contribution in [0.4, 0.5) is 0 Å². The van der Waals surface area contributed by atoms with Gasteiger partial charge in [-0.2, -0.15) is 0 Å². The van der Waals surface area contributed by atoms with Crippen LogP contribution >= 0.6 is 35.7 Å². The number of halogens is 1. The Morgan fingerprint density at radius 1 is 1.21 bits per heavy atom. The van der Waals surface area contributed by atoms with Crippen LogP contribution in [0.5, 0.6) is 0 Å². The second-order valence-corrected chi connectivity index (χ2v) is 6.61. The molecule has 24 heavy (non-hydrogen) atoms. The van der Waals surface area contributed by atoms with Gasteiger partial charge in [-0.15, -0.1) is 35.7 Å². The first kappa shape index (κ1) is 23.5. The number of nitrogens with zero attached hydrogens (tertiary/aromatic N) is 1. The van der Waals surface area contributed by atoms with Crippen molar-refractivity contribution in [2.24, 2.45) is 10.9 Å². The van der Waals surface area contributed by atoms with Crippen molar-refractivity contribution in [1.82, 2.24) is 10.6 Å². The topological polar surface area (TPSA) is 45.6 Å². The minimum Gasteiger partial charge on any atom is -0.378 e. The first-order valence-electron chi connectivity index (χ1n) is 8.29. The van der Waals surface area contributed by atoms with E-state index in [4.69, 9.17) is 4.74 Å². The Balaban J connectivity index is 0.00000529. The SMILES string of the molecule is CCOC(CCNC(=NC)NCc1ccc(SC)cc1)C(C)C.I. The van der Waals surface area contributed by atoms with E-state index in [0.29, 0.717) is 12.0 Å². The molecule has 0 aliphatic carbocycles. The van der Waals surface area contributed by atoms with Crippen LogP contribution < -0.4 is 10.6 Å². The van der Waals surface area contributed by atoms with Crippen molar-refractivity contribution < 1.29 is 4.74 Å². The molecule has 0 saturated heterocycles. The standard InChI is InChI=1S/C18H31N3OS.HI/c1-6-22-17(14(2)3)11-12-20-18(19-4)21-13-15-7-9-16(23-5)10-8-15;/h7-10,14,17H,6,11-13H2,1-5H3,(H2,19,20,21);1H. The summed E-state index contributed by atoms with van der Waals surface area (Å²) in [4.78, 5) is 5.56. The van der Waals surface area contributed by atoms with Gasteiger partial charge in [-0.25, -0.2) is 0 Å². The number of aliphatic imine (C=N–C) groups is 1. The van der Waals surface area contributed by atoms with E-state index >= 15 is 0 Å². The van der Waals surface area contributed by atoms with Gasteiger partial charge >= 0.3 is 0 Å². The molecule has 0 fully saturated rings. The zero-order chi connectivity index (χ0) is 17.1. The second kappa shape index (κ2) is 13.8. The van der Waals surface area contributed by atoms with Crippen LogP contribution in [0.3, 0.4) is 0 Å². The number of hydrogen-bond acceptors (Lipinski definition) is 3. The molecule has 2 N–H and O–H groups in total. The molecule has 1 unspecified atom stereocenters. The number of ether oxygens (including phenoxy) is 1. The summed E-state index contributed by atoms with van der Waals surface area (Å²) in [6.45, 7) is 8.84. The third-order valence-electron chi connectivity index (χ3n) is 3.69. The van der Waals surface area contributed by atoms with E-state index in [1.807, 2.05) is 6.92 Å². The Bertz CT molecular complexity index is 466. The van der Waals surface area contributed by atoms with Gasteiger partial charge in [0.2, 0.25) is 0 Å². The van der Waals surface area contributed by atoms with E-state index in [0.717, 1.165) is 32.1 Å². The third-order valence-corrected chi connectivity index (χ3v) is 4.43. The van der Waals surface area contributed by atoms with Crippen LogP contribution in [0.2, 0.25) is 0 Å². The molecule has 1 aromatic carbocycles. The zero-order valence-corrected chi connectivity index (χ0v) is 18.6. The normalized spacial score (nSPS) is 12.7. The molecule has 0 aromatic heterocycles. The molecule has 0 bridgehead atoms. The summed E-state index contributed by atoms with van der Waals surface area (Å²) in [6.07, 6.45) is 3.37. The van der Waals surface area contributed by atoms with E-state index in [9.17, 15) is 0 Å². The third kappa shape index (κ3) is 9.13. The summed E-state index contributed by atoms with van der Waals surface area (Å²) < 4.78 is 5.77. The number of hydrogen-bond donors (Lipinski definition) is 2. The lowest BCUT2D eigenvalue weighted by Crippen LogP contribution is -2.38. The Morgan fingerprint density at radius 3 is 2.38 bits per heavy atom. The van der Waals surface area contributed by atoms with Crippen LogP contribution in [-0.2, 0) is 11.3 Å². The maximum absolute atomic E-state index is 5.77. The van der Waals surface area contributed by atoms with Gasteiger partial charge in [0, 0.05) is 31.6 Å². The molecule has 6 heteroatoms.